The van der Waals surface area contributed by atoms with Gasteiger partial charge in [-0.1, -0.05) is 98.8 Å². The fourth-order valence-electron chi connectivity index (χ4n) is 9.17. The second kappa shape index (κ2) is 31.1. The van der Waals surface area contributed by atoms with E-state index in [-0.39, 0.29) is 30.1 Å². The Bertz CT molecular complexity index is 2730. The summed E-state index contributed by atoms with van der Waals surface area (Å²) in [4.78, 5) is 145. The summed E-state index contributed by atoms with van der Waals surface area (Å²) < 4.78 is 0. The molecule has 1 saturated heterocycles. The van der Waals surface area contributed by atoms with E-state index < -0.39 is 156 Å². The van der Waals surface area contributed by atoms with Gasteiger partial charge in [0, 0.05) is 36.6 Å². The highest BCUT2D eigenvalue weighted by Crippen LogP contribution is 2.20. The number of nitrogens with two attached hydrogens (primary N) is 5. The van der Waals surface area contributed by atoms with Crippen molar-refractivity contribution in [1.82, 2.24) is 47.4 Å². The minimum absolute atomic E-state index is 0.0135. The summed E-state index contributed by atoms with van der Waals surface area (Å²) >= 11 is 0. The molecule has 1 aliphatic heterocycles. The van der Waals surface area contributed by atoms with Gasteiger partial charge in [0.2, 0.25) is 47.3 Å². The summed E-state index contributed by atoms with van der Waals surface area (Å²) in [6.45, 7) is 12.2. The van der Waals surface area contributed by atoms with Crippen LogP contribution in [0.3, 0.4) is 0 Å². The lowest BCUT2D eigenvalue weighted by atomic mass is 9.98. The zero-order valence-electron chi connectivity index (χ0n) is 48.3. The van der Waals surface area contributed by atoms with Crippen LogP contribution in [0.5, 0.6) is 0 Å². The summed E-state index contributed by atoms with van der Waals surface area (Å²) in [5.74, 6) is -11.6. The first kappa shape index (κ1) is 67.8. The van der Waals surface area contributed by atoms with Gasteiger partial charge in [-0.05, 0) is 83.1 Å². The lowest BCUT2D eigenvalue weighted by Crippen LogP contribution is -2.71. The van der Waals surface area contributed by atoms with E-state index >= 15 is 9.59 Å². The van der Waals surface area contributed by atoms with Crippen LogP contribution in [0.2, 0.25) is 0 Å². The molecule has 16 atom stereocenters. The Morgan fingerprint density at radius 1 is 0.506 bits per heavy atom. The van der Waals surface area contributed by atoms with Gasteiger partial charge >= 0.3 is 0 Å². The van der Waals surface area contributed by atoms with Crippen molar-refractivity contribution in [1.29, 1.82) is 0 Å². The average Bonchev–Trinajstić information content (AvgIpc) is 3.42. The van der Waals surface area contributed by atoms with Crippen LogP contribution in [0.4, 0.5) is 0 Å². The number of benzene rings is 3. The monoisotopic (exact) mass is 1160 g/mol. The number of hydrogen-bond acceptors (Lipinski definition) is 17. The van der Waals surface area contributed by atoms with E-state index in [0.29, 0.717) is 11.1 Å². The molecule has 1 aliphatic rings. The number of carbonyl (C=O) groups excluding carboxylic acids is 10. The minimum Gasteiger partial charge on any atom is -0.391 e. The van der Waals surface area contributed by atoms with Crippen LogP contribution < -0.4 is 71.2 Å². The van der Waals surface area contributed by atoms with Crippen LogP contribution >= 0.6 is 0 Å². The van der Waals surface area contributed by atoms with Gasteiger partial charge in [0.1, 0.15) is 54.4 Å². The Kier molecular flexibility index (Phi) is 25.4. The molecule has 3 aromatic rings. The topological polar surface area (TPSA) is 441 Å². The molecule has 454 valence electrons. The fourth-order valence-corrected chi connectivity index (χ4v) is 9.17. The van der Waals surface area contributed by atoms with Crippen molar-refractivity contribution in [3.05, 3.63) is 96.1 Å². The van der Waals surface area contributed by atoms with E-state index in [1.54, 1.807) is 68.4 Å². The van der Waals surface area contributed by atoms with Gasteiger partial charge in [0.15, 0.2) is 0 Å². The third-order valence-corrected chi connectivity index (χ3v) is 13.7. The van der Waals surface area contributed by atoms with Crippen LogP contribution in [-0.4, -0.2) is 171 Å². The molecule has 26 nitrogen and oxygen atoms in total. The number of amides is 10. The molecule has 26 heteroatoms. The number of carbonyl (C=O) groups is 10. The third-order valence-electron chi connectivity index (χ3n) is 13.7. The molecule has 0 spiro atoms. The molecule has 1 heterocycles. The zero-order valence-corrected chi connectivity index (χ0v) is 48.3. The van der Waals surface area contributed by atoms with Crippen LogP contribution in [0, 0.1) is 5.92 Å². The molecule has 5 unspecified atom stereocenters. The van der Waals surface area contributed by atoms with E-state index in [2.05, 4.69) is 42.5 Å². The summed E-state index contributed by atoms with van der Waals surface area (Å²) in [5.41, 5.74) is 34.6. The smallest absolute Gasteiger partial charge is 0.255 e. The Morgan fingerprint density at radius 3 is 1.42 bits per heavy atom. The number of nitrogens with zero attached hydrogens (tertiary/aromatic N) is 1. The van der Waals surface area contributed by atoms with Gasteiger partial charge in [-0.3, -0.25) is 52.8 Å². The zero-order chi connectivity index (χ0) is 62.2. The Hall–Kier alpha value is -7.72. The number of aliphatic hydroxyl groups is 2. The predicted octanol–water partition coefficient (Wildman–Crippen LogP) is -3.70. The van der Waals surface area contributed by atoms with Gasteiger partial charge in [-0.15, -0.1) is 0 Å². The van der Waals surface area contributed by atoms with Gasteiger partial charge in [0.05, 0.1) is 18.6 Å². The molecule has 20 N–H and O–H groups in total. The van der Waals surface area contributed by atoms with Crippen LogP contribution in [-0.2, 0) is 60.8 Å². The van der Waals surface area contributed by atoms with Gasteiger partial charge < -0.3 is 81.4 Å². The summed E-state index contributed by atoms with van der Waals surface area (Å²) in [6.07, 6.45) is -3.97. The molecular formula is C57H84N14O12. The highest BCUT2D eigenvalue weighted by atomic mass is 16.3. The maximum Gasteiger partial charge on any atom is 0.255 e. The molecule has 0 saturated carbocycles. The predicted molar refractivity (Wildman–Crippen MR) is 308 cm³/mol. The highest BCUT2D eigenvalue weighted by molar-refractivity contribution is 6.08. The van der Waals surface area contributed by atoms with Crippen molar-refractivity contribution in [2.24, 2.45) is 34.6 Å². The highest BCUT2D eigenvalue weighted by Gasteiger charge is 2.47. The average molecular weight is 1160 g/mol. The minimum atomic E-state index is -2.22. The lowest BCUT2D eigenvalue weighted by molar-refractivity contribution is -0.158. The number of imide groups is 1. The van der Waals surface area contributed by atoms with Crippen molar-refractivity contribution in [2.75, 3.05) is 0 Å². The molecule has 83 heavy (non-hydrogen) atoms. The molecule has 0 radical (unpaired) electrons. The van der Waals surface area contributed by atoms with Gasteiger partial charge in [-0.2, -0.15) is 0 Å². The third kappa shape index (κ3) is 19.2. The first-order valence-electron chi connectivity index (χ1n) is 27.5. The van der Waals surface area contributed by atoms with E-state index in [4.69, 9.17) is 28.7 Å². The lowest BCUT2D eigenvalue weighted by Gasteiger charge is -2.39. The van der Waals surface area contributed by atoms with Crippen LogP contribution in [0.1, 0.15) is 79.9 Å². The van der Waals surface area contributed by atoms with Crippen LogP contribution in [0.25, 0.3) is 11.1 Å². The van der Waals surface area contributed by atoms with E-state index in [1.165, 1.54) is 41.5 Å². The van der Waals surface area contributed by atoms with Gasteiger partial charge in [0.25, 0.3) is 11.8 Å². The number of aliphatic hydroxyl groups excluding tert-OH is 2. The molecule has 10 amide bonds. The maximum absolute atomic E-state index is 15.3. The van der Waals surface area contributed by atoms with Crippen molar-refractivity contribution >= 4 is 59.1 Å². The number of rotatable bonds is 18. The molecule has 3 aromatic carbocycles. The molecule has 0 aromatic heterocycles. The first-order chi connectivity index (χ1) is 38.9. The second-order valence-electron chi connectivity index (χ2n) is 21.9. The van der Waals surface area contributed by atoms with Crippen molar-refractivity contribution in [2.45, 2.75) is 178 Å². The Labute approximate surface area is 483 Å². The summed E-state index contributed by atoms with van der Waals surface area (Å²) in [6, 6.07) is 1.91. The van der Waals surface area contributed by atoms with Crippen molar-refractivity contribution in [3.8, 4) is 11.1 Å². The molecule has 1 fully saturated rings. The van der Waals surface area contributed by atoms with Crippen molar-refractivity contribution in [3.63, 3.8) is 0 Å². The maximum atomic E-state index is 15.3. The number of hydrogen-bond donors (Lipinski definition) is 15. The Morgan fingerprint density at radius 2 is 0.952 bits per heavy atom. The largest absolute Gasteiger partial charge is 0.391 e. The van der Waals surface area contributed by atoms with Gasteiger partial charge in [-0.25, -0.2) is 0 Å². The summed E-state index contributed by atoms with van der Waals surface area (Å²) in [7, 11) is 0. The standard InChI is InChI=1S/C57H84N14O12/c1-27(2)24-39-50(76)66-43(29(4)59)52(78)67-44(30(5)60)53(79)70-47(34(9)73)57(83)71(48(32(7)62)55(81)68-42(28(3)58)51(77)64-40(49(75)63-39)25-35-16-12-10-13-17-35)56(82)45(31(6)61)69-54(80)46(33(8)72)65-41(74)26-36-20-22-38(23-21-36)37-18-14-11-15-19-37/h10-23,27-34,39-40,42-48,72-73H,24-26,58-62H2,1-9H3,(H,63,75)(H,64,77)(H,65,74)(H,66,76)(H,67,78)(H,68,81)(H,69,80)(H,70,79)/t28?,29?,30?,31?,32?,33-,34-,39+,40-,42+,43+,44+,45+,46+,47+,48+/m1/s1. The molecule has 0 bridgehead atoms. The fraction of sp³-hybridized carbons (Fsp3) is 0.509. The summed E-state index contributed by atoms with van der Waals surface area (Å²) in [5, 5.41) is 42.1. The van der Waals surface area contributed by atoms with Crippen LogP contribution in [0.15, 0.2) is 84.9 Å². The van der Waals surface area contributed by atoms with E-state index in [9.17, 15) is 48.6 Å². The first-order valence-corrected chi connectivity index (χ1v) is 27.5. The van der Waals surface area contributed by atoms with Crippen molar-refractivity contribution < 1.29 is 58.2 Å². The SMILES string of the molecule is CC(C)C[C@@H]1NC(=O)[C@@H](Cc2ccccc2)NC(=O)[C@H](C(C)N)NC(=O)[C@H](C(C)N)N(C(=O)[C@@H](NC(=O)[C@@H](NC(=O)Cc2ccc(-c3ccccc3)cc2)[C@@H](C)O)C(C)N)C(=O)[C@H]([C@@H](C)O)NC(=O)[C@H](C(C)N)NC(=O)[C@H](C(C)N)NC1=O. The molecule has 4 rings (SSSR count). The molecule has 0 aliphatic carbocycles. The number of nitrogens with one attached hydrogen (secondary N) is 8. The normalized spacial score (nSPS) is 24.2. The Balaban J connectivity index is 1.86. The second-order valence-corrected chi connectivity index (χ2v) is 21.9. The van der Waals surface area contributed by atoms with E-state index in [0.717, 1.165) is 18.1 Å². The molecular weight excluding hydrogens is 1070 g/mol. The van der Waals surface area contributed by atoms with E-state index in [1.807, 2.05) is 30.3 Å². The quantitative estimate of drug-likeness (QED) is 0.0583.